The van der Waals surface area contributed by atoms with Crippen LogP contribution in [0.2, 0.25) is 0 Å². The van der Waals surface area contributed by atoms with Crippen molar-refractivity contribution in [3.05, 3.63) is 60.8 Å². The van der Waals surface area contributed by atoms with Crippen LogP contribution >= 0.6 is 0 Å². The number of hydrogen-bond acceptors (Lipinski definition) is 3. The molecule has 0 spiro atoms. The van der Waals surface area contributed by atoms with E-state index in [4.69, 9.17) is 4.42 Å². The Morgan fingerprint density at radius 2 is 2.07 bits per heavy atom. The Bertz CT molecular complexity index is 774. The molecule has 0 unspecified atom stereocenters. The van der Waals surface area contributed by atoms with E-state index in [1.54, 1.807) is 22.1 Å². The van der Waals surface area contributed by atoms with Crippen LogP contribution in [0.1, 0.15) is 30.7 Å². The van der Waals surface area contributed by atoms with Crippen molar-refractivity contribution in [3.63, 3.8) is 0 Å². The Kier molecular flexibility index (Phi) is 6.16. The predicted octanol–water partition coefficient (Wildman–Crippen LogP) is 2.96. The highest BCUT2D eigenvalue weighted by Crippen LogP contribution is 2.28. The summed E-state index contributed by atoms with van der Waals surface area (Å²) >= 11 is 0. The average molecular weight is 369 g/mol. The van der Waals surface area contributed by atoms with Gasteiger partial charge < -0.3 is 18.8 Å². The van der Waals surface area contributed by atoms with Gasteiger partial charge in [-0.3, -0.25) is 9.59 Å². The second-order valence-electron chi connectivity index (χ2n) is 7.07. The Hall–Kier alpha value is -2.76. The molecule has 2 amide bonds. The van der Waals surface area contributed by atoms with Crippen LogP contribution in [0.5, 0.6) is 0 Å². The van der Waals surface area contributed by atoms with Crippen molar-refractivity contribution in [2.75, 3.05) is 13.1 Å². The summed E-state index contributed by atoms with van der Waals surface area (Å²) in [7, 11) is 1.95. The van der Waals surface area contributed by atoms with Crippen LogP contribution in [0.25, 0.3) is 0 Å². The topological polar surface area (TPSA) is 58.7 Å². The lowest BCUT2D eigenvalue weighted by molar-refractivity contribution is -0.144. The maximum atomic E-state index is 13.1. The molecule has 0 aromatic carbocycles. The van der Waals surface area contributed by atoms with Gasteiger partial charge in [0, 0.05) is 31.4 Å². The molecule has 6 heteroatoms. The summed E-state index contributed by atoms with van der Waals surface area (Å²) in [6.07, 6.45) is 8.15. The zero-order chi connectivity index (χ0) is 19.2. The van der Waals surface area contributed by atoms with E-state index in [0.717, 1.165) is 30.7 Å². The molecule has 1 aliphatic rings. The van der Waals surface area contributed by atoms with E-state index >= 15 is 0 Å². The molecule has 0 radical (unpaired) electrons. The fourth-order valence-electron chi connectivity index (χ4n) is 3.24. The van der Waals surface area contributed by atoms with E-state index in [2.05, 4.69) is 6.58 Å². The Balaban J connectivity index is 1.72. The largest absolute Gasteiger partial charge is 0.467 e. The highest BCUT2D eigenvalue weighted by Gasteiger charge is 2.31. The lowest BCUT2D eigenvalue weighted by Gasteiger charge is -2.32. The van der Waals surface area contributed by atoms with Gasteiger partial charge in [-0.25, -0.2) is 0 Å². The second kappa shape index (κ2) is 8.75. The fourth-order valence-corrected chi connectivity index (χ4v) is 3.24. The minimum atomic E-state index is -0.0953. The molecule has 3 rings (SSSR count). The molecule has 0 saturated heterocycles. The van der Waals surface area contributed by atoms with Gasteiger partial charge in [0.05, 0.1) is 19.4 Å². The number of aryl methyl sites for hydroxylation is 1. The molecule has 1 fully saturated rings. The van der Waals surface area contributed by atoms with Crippen molar-refractivity contribution in [1.82, 2.24) is 14.4 Å². The van der Waals surface area contributed by atoms with Crippen molar-refractivity contribution in [2.24, 2.45) is 13.0 Å². The monoisotopic (exact) mass is 369 g/mol. The number of hydrogen-bond donors (Lipinski definition) is 0. The van der Waals surface area contributed by atoms with Gasteiger partial charge in [0.1, 0.15) is 12.3 Å². The first-order valence-corrected chi connectivity index (χ1v) is 9.38. The standard InChI is InChI=1S/C21H27N3O3/c1-3-11-23(21(26)17-7-4-8-17)16-20(25)24(15-19-10-6-13-27-19)14-18-9-5-12-22(18)2/h3,5-6,9-10,12-13,17H,1,4,7-8,11,14-16H2,2H3. The molecule has 1 saturated carbocycles. The van der Waals surface area contributed by atoms with Crippen LogP contribution in [0, 0.1) is 5.92 Å². The first-order chi connectivity index (χ1) is 13.1. The van der Waals surface area contributed by atoms with Gasteiger partial charge >= 0.3 is 0 Å². The fraction of sp³-hybridized carbons (Fsp3) is 0.429. The predicted molar refractivity (Wildman–Crippen MR) is 102 cm³/mol. The van der Waals surface area contributed by atoms with Crippen LogP contribution in [-0.2, 0) is 29.7 Å². The van der Waals surface area contributed by atoms with Crippen LogP contribution in [-0.4, -0.2) is 39.3 Å². The summed E-state index contributed by atoms with van der Waals surface area (Å²) < 4.78 is 7.42. The van der Waals surface area contributed by atoms with Crippen molar-refractivity contribution in [1.29, 1.82) is 0 Å². The molecule has 2 aromatic rings. The summed E-state index contributed by atoms with van der Waals surface area (Å²) in [5.74, 6) is 0.746. The number of rotatable bonds is 9. The SMILES string of the molecule is C=CCN(CC(=O)N(Cc1ccco1)Cc1cccn1C)C(=O)C1CCC1. The molecular weight excluding hydrogens is 342 g/mol. The lowest BCUT2D eigenvalue weighted by Crippen LogP contribution is -2.45. The van der Waals surface area contributed by atoms with Crippen molar-refractivity contribution < 1.29 is 14.0 Å². The zero-order valence-corrected chi connectivity index (χ0v) is 15.8. The van der Waals surface area contributed by atoms with Crippen molar-refractivity contribution >= 4 is 11.8 Å². The number of amides is 2. The first-order valence-electron chi connectivity index (χ1n) is 9.38. The van der Waals surface area contributed by atoms with Crippen molar-refractivity contribution in [2.45, 2.75) is 32.4 Å². The van der Waals surface area contributed by atoms with Gasteiger partial charge in [0.15, 0.2) is 0 Å². The van der Waals surface area contributed by atoms with E-state index in [-0.39, 0.29) is 24.3 Å². The van der Waals surface area contributed by atoms with Gasteiger partial charge in [-0.1, -0.05) is 12.5 Å². The van der Waals surface area contributed by atoms with Crippen LogP contribution in [0.3, 0.4) is 0 Å². The number of aromatic nitrogens is 1. The van der Waals surface area contributed by atoms with E-state index in [1.165, 1.54) is 0 Å². The first kappa shape index (κ1) is 19.0. The smallest absolute Gasteiger partial charge is 0.242 e. The van der Waals surface area contributed by atoms with Gasteiger partial charge in [0.25, 0.3) is 0 Å². The molecule has 1 aliphatic carbocycles. The Labute approximate surface area is 160 Å². The van der Waals surface area contributed by atoms with Crippen LogP contribution in [0.4, 0.5) is 0 Å². The highest BCUT2D eigenvalue weighted by molar-refractivity contribution is 5.86. The molecule has 0 atom stereocenters. The highest BCUT2D eigenvalue weighted by atomic mass is 16.3. The van der Waals surface area contributed by atoms with Crippen LogP contribution < -0.4 is 0 Å². The summed E-state index contributed by atoms with van der Waals surface area (Å²) in [4.78, 5) is 29.1. The molecule has 6 nitrogen and oxygen atoms in total. The number of furan rings is 1. The Morgan fingerprint density at radius 3 is 2.63 bits per heavy atom. The molecule has 2 heterocycles. The third kappa shape index (κ3) is 4.70. The third-order valence-corrected chi connectivity index (χ3v) is 5.13. The minimum Gasteiger partial charge on any atom is -0.467 e. The van der Waals surface area contributed by atoms with Crippen LogP contribution in [0.15, 0.2) is 53.8 Å². The number of carbonyl (C=O) groups is 2. The summed E-state index contributed by atoms with van der Waals surface area (Å²) in [6.45, 7) is 5.02. The normalized spacial score (nSPS) is 13.8. The quantitative estimate of drug-likeness (QED) is 0.639. The number of nitrogens with zero attached hydrogens (tertiary/aromatic N) is 3. The third-order valence-electron chi connectivity index (χ3n) is 5.13. The maximum absolute atomic E-state index is 13.1. The second-order valence-corrected chi connectivity index (χ2v) is 7.07. The zero-order valence-electron chi connectivity index (χ0n) is 15.8. The van der Waals surface area contributed by atoms with E-state index in [1.807, 2.05) is 42.1 Å². The summed E-state index contributed by atoms with van der Waals surface area (Å²) in [5.41, 5.74) is 1.02. The molecule has 0 bridgehead atoms. The maximum Gasteiger partial charge on any atom is 0.242 e. The summed E-state index contributed by atoms with van der Waals surface area (Å²) in [5, 5.41) is 0. The lowest BCUT2D eigenvalue weighted by atomic mass is 9.84. The van der Waals surface area contributed by atoms with Gasteiger partial charge in [-0.15, -0.1) is 6.58 Å². The van der Waals surface area contributed by atoms with Gasteiger partial charge in [-0.05, 0) is 37.1 Å². The van der Waals surface area contributed by atoms with E-state index < -0.39 is 0 Å². The minimum absolute atomic E-state index is 0.0594. The molecular formula is C21H27N3O3. The molecule has 144 valence electrons. The van der Waals surface area contributed by atoms with E-state index in [9.17, 15) is 9.59 Å². The Morgan fingerprint density at radius 1 is 1.26 bits per heavy atom. The molecule has 0 aliphatic heterocycles. The van der Waals surface area contributed by atoms with Gasteiger partial charge in [-0.2, -0.15) is 0 Å². The summed E-state index contributed by atoms with van der Waals surface area (Å²) in [6, 6.07) is 7.61. The number of carbonyl (C=O) groups excluding carboxylic acids is 2. The van der Waals surface area contributed by atoms with E-state index in [0.29, 0.717) is 19.6 Å². The molecule has 0 N–H and O–H groups in total. The van der Waals surface area contributed by atoms with Crippen molar-refractivity contribution in [3.8, 4) is 0 Å². The van der Waals surface area contributed by atoms with Gasteiger partial charge in [0.2, 0.25) is 11.8 Å². The molecule has 27 heavy (non-hydrogen) atoms. The average Bonchev–Trinajstić information content (AvgIpc) is 3.24. The molecule has 2 aromatic heterocycles.